The van der Waals surface area contributed by atoms with Gasteiger partial charge in [0, 0.05) is 5.69 Å². The van der Waals surface area contributed by atoms with Gasteiger partial charge in [0.15, 0.2) is 0 Å². The first-order chi connectivity index (χ1) is 6.83. The number of nitrogens with one attached hydrogen (secondary N) is 1. The molecule has 3 nitrogen and oxygen atoms in total. The maximum Gasteiger partial charge on any atom is 0.229 e. The molecule has 4 heteroatoms. The molecule has 0 saturated heterocycles. The largest absolute Gasteiger partial charge is 0.284 e. The lowest BCUT2D eigenvalue weighted by Gasteiger charge is -2.11. The van der Waals surface area contributed by atoms with E-state index in [0.717, 1.165) is 23.8 Å². The van der Waals surface area contributed by atoms with Crippen molar-refractivity contribution in [3.05, 3.63) is 28.8 Å². The summed E-state index contributed by atoms with van der Waals surface area (Å²) in [6.07, 6.45) is 2.13. The Morgan fingerprint density at radius 2 is 1.67 bits per heavy atom. The Balaban J connectivity index is 3.15. The number of rotatable bonds is 3. The van der Waals surface area contributed by atoms with Gasteiger partial charge in [0.1, 0.15) is 0 Å². The molecular formula is C11H17NO2S. The molecule has 0 fully saturated rings. The average molecular weight is 227 g/mol. The lowest BCUT2D eigenvalue weighted by Crippen LogP contribution is -2.10. The Bertz CT molecular complexity index is 440. The lowest BCUT2D eigenvalue weighted by atomic mass is 10.00. The van der Waals surface area contributed by atoms with Gasteiger partial charge in [-0.15, -0.1) is 0 Å². The highest BCUT2D eigenvalue weighted by Crippen LogP contribution is 2.21. The normalized spacial score (nSPS) is 11.5. The van der Waals surface area contributed by atoms with Crippen molar-refractivity contribution in [1.29, 1.82) is 0 Å². The van der Waals surface area contributed by atoms with Crippen LogP contribution in [-0.2, 0) is 16.4 Å². The van der Waals surface area contributed by atoms with Crippen LogP contribution in [0.15, 0.2) is 12.1 Å². The first kappa shape index (κ1) is 12.0. The molecule has 0 unspecified atom stereocenters. The van der Waals surface area contributed by atoms with E-state index in [0.29, 0.717) is 5.69 Å². The molecule has 1 N–H and O–H groups in total. The van der Waals surface area contributed by atoms with Crippen LogP contribution >= 0.6 is 0 Å². The molecule has 0 aliphatic rings. The molecule has 1 aromatic rings. The Morgan fingerprint density at radius 1 is 1.20 bits per heavy atom. The molecule has 0 heterocycles. The van der Waals surface area contributed by atoms with Crippen molar-refractivity contribution in [2.24, 2.45) is 0 Å². The fourth-order valence-corrected chi connectivity index (χ4v) is 2.37. The Kier molecular flexibility index (Phi) is 3.39. The molecule has 0 aliphatic heterocycles. The summed E-state index contributed by atoms with van der Waals surface area (Å²) in [4.78, 5) is 0. The zero-order valence-corrected chi connectivity index (χ0v) is 10.4. The van der Waals surface area contributed by atoms with E-state index in [9.17, 15) is 8.42 Å². The third-order valence-electron chi connectivity index (χ3n) is 2.35. The minimum Gasteiger partial charge on any atom is -0.284 e. The molecule has 15 heavy (non-hydrogen) atoms. The van der Waals surface area contributed by atoms with Crippen LogP contribution in [0.25, 0.3) is 0 Å². The minimum atomic E-state index is -3.18. The Morgan fingerprint density at radius 3 is 2.00 bits per heavy atom. The highest BCUT2D eigenvalue weighted by molar-refractivity contribution is 7.92. The van der Waals surface area contributed by atoms with Crippen LogP contribution in [0.2, 0.25) is 0 Å². The van der Waals surface area contributed by atoms with Gasteiger partial charge < -0.3 is 0 Å². The molecule has 84 valence electrons. The second-order valence-electron chi connectivity index (χ2n) is 3.82. The fourth-order valence-electron chi connectivity index (χ4n) is 1.82. The maximum atomic E-state index is 11.1. The summed E-state index contributed by atoms with van der Waals surface area (Å²) in [6, 6.07) is 3.74. The monoisotopic (exact) mass is 227 g/mol. The van der Waals surface area contributed by atoms with Crippen molar-refractivity contribution in [3.63, 3.8) is 0 Å². The van der Waals surface area contributed by atoms with Gasteiger partial charge in [0.05, 0.1) is 6.26 Å². The van der Waals surface area contributed by atoms with Gasteiger partial charge in [-0.3, -0.25) is 4.72 Å². The highest BCUT2D eigenvalue weighted by atomic mass is 32.2. The van der Waals surface area contributed by atoms with Crippen molar-refractivity contribution in [1.82, 2.24) is 0 Å². The van der Waals surface area contributed by atoms with E-state index in [1.54, 1.807) is 0 Å². The lowest BCUT2D eigenvalue weighted by molar-refractivity contribution is 0.607. The SMILES string of the molecule is CCc1c(C)cc(NS(C)(=O)=O)cc1C. The van der Waals surface area contributed by atoms with Crippen molar-refractivity contribution in [2.75, 3.05) is 11.0 Å². The summed E-state index contributed by atoms with van der Waals surface area (Å²) in [5.74, 6) is 0. The molecular weight excluding hydrogens is 210 g/mol. The predicted octanol–water partition coefficient (Wildman–Crippen LogP) is 2.24. The van der Waals surface area contributed by atoms with E-state index in [1.165, 1.54) is 5.56 Å². The first-order valence-corrected chi connectivity index (χ1v) is 6.80. The van der Waals surface area contributed by atoms with Gasteiger partial charge >= 0.3 is 0 Å². The summed E-state index contributed by atoms with van der Waals surface area (Å²) < 4.78 is 24.6. The molecule has 0 radical (unpaired) electrons. The van der Waals surface area contributed by atoms with Crippen LogP contribution in [0, 0.1) is 13.8 Å². The maximum absolute atomic E-state index is 11.1. The molecule has 0 aliphatic carbocycles. The summed E-state index contributed by atoms with van der Waals surface area (Å²) in [5, 5.41) is 0. The number of hydrogen-bond donors (Lipinski definition) is 1. The molecule has 0 saturated carbocycles. The van der Waals surface area contributed by atoms with Crippen LogP contribution in [-0.4, -0.2) is 14.7 Å². The van der Waals surface area contributed by atoms with Crippen molar-refractivity contribution < 1.29 is 8.42 Å². The second-order valence-corrected chi connectivity index (χ2v) is 5.56. The standard InChI is InChI=1S/C11H17NO2S/c1-5-11-8(2)6-10(7-9(11)3)12-15(4,13)14/h6-7,12H,5H2,1-4H3. The predicted molar refractivity (Wildman–Crippen MR) is 63.8 cm³/mol. The van der Waals surface area contributed by atoms with E-state index in [2.05, 4.69) is 11.6 Å². The molecule has 0 atom stereocenters. The zero-order chi connectivity index (χ0) is 11.6. The molecule has 0 aromatic heterocycles. The summed E-state index contributed by atoms with van der Waals surface area (Å²) in [6.45, 7) is 6.09. The van der Waals surface area contributed by atoms with Crippen molar-refractivity contribution >= 4 is 15.7 Å². The van der Waals surface area contributed by atoms with Gasteiger partial charge in [0.2, 0.25) is 10.0 Å². The average Bonchev–Trinajstić information content (AvgIpc) is 1.99. The van der Waals surface area contributed by atoms with E-state index in [-0.39, 0.29) is 0 Å². The molecule has 0 spiro atoms. The molecule has 0 bridgehead atoms. The highest BCUT2D eigenvalue weighted by Gasteiger charge is 2.06. The number of hydrogen-bond acceptors (Lipinski definition) is 2. The van der Waals surface area contributed by atoms with Gasteiger partial charge in [-0.25, -0.2) is 8.42 Å². The van der Waals surface area contributed by atoms with Crippen molar-refractivity contribution in [3.8, 4) is 0 Å². The smallest absolute Gasteiger partial charge is 0.229 e. The van der Waals surface area contributed by atoms with Crippen LogP contribution in [0.1, 0.15) is 23.6 Å². The summed E-state index contributed by atoms with van der Waals surface area (Å²) in [7, 11) is -3.18. The van der Waals surface area contributed by atoms with Crippen LogP contribution in [0.3, 0.4) is 0 Å². The van der Waals surface area contributed by atoms with E-state index >= 15 is 0 Å². The quantitative estimate of drug-likeness (QED) is 0.860. The fraction of sp³-hybridized carbons (Fsp3) is 0.455. The van der Waals surface area contributed by atoms with Crippen LogP contribution in [0.4, 0.5) is 5.69 Å². The van der Waals surface area contributed by atoms with Gasteiger partial charge in [0.25, 0.3) is 0 Å². The molecule has 0 amide bonds. The Hall–Kier alpha value is -1.03. The minimum absolute atomic E-state index is 0.643. The van der Waals surface area contributed by atoms with Crippen LogP contribution < -0.4 is 4.72 Å². The van der Waals surface area contributed by atoms with E-state index < -0.39 is 10.0 Å². The molecule has 1 aromatic carbocycles. The molecule has 1 rings (SSSR count). The topological polar surface area (TPSA) is 46.2 Å². The van der Waals surface area contributed by atoms with Crippen molar-refractivity contribution in [2.45, 2.75) is 27.2 Å². The van der Waals surface area contributed by atoms with E-state index in [1.807, 2.05) is 26.0 Å². The van der Waals surface area contributed by atoms with Gasteiger partial charge in [-0.05, 0) is 49.1 Å². The summed E-state index contributed by atoms with van der Waals surface area (Å²) in [5.41, 5.74) is 4.19. The number of anilines is 1. The zero-order valence-electron chi connectivity index (χ0n) is 9.59. The van der Waals surface area contributed by atoms with Gasteiger partial charge in [-0.1, -0.05) is 6.92 Å². The Labute approximate surface area is 91.6 Å². The van der Waals surface area contributed by atoms with E-state index in [4.69, 9.17) is 0 Å². The number of benzene rings is 1. The van der Waals surface area contributed by atoms with Crippen LogP contribution in [0.5, 0.6) is 0 Å². The number of sulfonamides is 1. The third kappa shape index (κ3) is 3.23. The first-order valence-electron chi connectivity index (χ1n) is 4.91. The van der Waals surface area contributed by atoms with Gasteiger partial charge in [-0.2, -0.15) is 0 Å². The second kappa shape index (κ2) is 4.23. The third-order valence-corrected chi connectivity index (χ3v) is 2.96. The summed E-state index contributed by atoms with van der Waals surface area (Å²) >= 11 is 0. The number of aryl methyl sites for hydroxylation is 2.